The molecule has 7 heteroatoms. The standard InChI is InChI=1S/C12H20N2O5/c1-12(10(15)16)2-3-14(8-12)11(17)13-6-9-7-18-4-5-19-9/h9H,2-8H2,1H3,(H,13,17)(H,15,16). The number of hydrogen-bond donors (Lipinski definition) is 2. The minimum absolute atomic E-state index is 0.119. The van der Waals surface area contributed by atoms with E-state index >= 15 is 0 Å². The first-order valence-electron chi connectivity index (χ1n) is 6.47. The van der Waals surface area contributed by atoms with E-state index in [-0.39, 0.29) is 18.7 Å². The van der Waals surface area contributed by atoms with Gasteiger partial charge in [-0.05, 0) is 13.3 Å². The van der Waals surface area contributed by atoms with E-state index in [9.17, 15) is 9.59 Å². The van der Waals surface area contributed by atoms with Gasteiger partial charge in [0.05, 0.1) is 31.3 Å². The van der Waals surface area contributed by atoms with Crippen LogP contribution in [-0.4, -0.2) is 67.6 Å². The number of aliphatic carboxylic acids is 1. The zero-order chi connectivity index (χ0) is 13.9. The molecule has 2 heterocycles. The Kier molecular flexibility index (Phi) is 4.26. The minimum Gasteiger partial charge on any atom is -0.481 e. The molecule has 0 aliphatic carbocycles. The van der Waals surface area contributed by atoms with Crippen LogP contribution < -0.4 is 5.32 Å². The van der Waals surface area contributed by atoms with E-state index in [0.717, 1.165) is 0 Å². The van der Waals surface area contributed by atoms with Crippen molar-refractivity contribution in [2.24, 2.45) is 5.41 Å². The van der Waals surface area contributed by atoms with Gasteiger partial charge in [0.25, 0.3) is 0 Å². The van der Waals surface area contributed by atoms with Gasteiger partial charge in [-0.25, -0.2) is 4.79 Å². The maximum Gasteiger partial charge on any atom is 0.317 e. The summed E-state index contributed by atoms with van der Waals surface area (Å²) in [4.78, 5) is 24.6. The Labute approximate surface area is 111 Å². The second-order valence-corrected chi connectivity index (χ2v) is 5.29. The van der Waals surface area contributed by atoms with Crippen molar-refractivity contribution in [1.82, 2.24) is 10.2 Å². The predicted octanol–water partition coefficient (Wildman–Crippen LogP) is -0.0920. The summed E-state index contributed by atoms with van der Waals surface area (Å²) in [5, 5.41) is 11.9. The lowest BCUT2D eigenvalue weighted by Crippen LogP contribution is -2.45. The van der Waals surface area contributed by atoms with Crippen LogP contribution in [0.2, 0.25) is 0 Å². The highest BCUT2D eigenvalue weighted by Crippen LogP contribution is 2.29. The number of carbonyl (C=O) groups excluding carboxylic acids is 1. The van der Waals surface area contributed by atoms with Crippen LogP contribution >= 0.6 is 0 Å². The second kappa shape index (κ2) is 5.75. The van der Waals surface area contributed by atoms with Crippen LogP contribution in [0.4, 0.5) is 4.79 Å². The van der Waals surface area contributed by atoms with Crippen LogP contribution in [0.15, 0.2) is 0 Å². The number of nitrogens with one attached hydrogen (secondary N) is 1. The highest BCUT2D eigenvalue weighted by molar-refractivity contribution is 5.79. The van der Waals surface area contributed by atoms with Crippen LogP contribution in [-0.2, 0) is 14.3 Å². The molecule has 2 N–H and O–H groups in total. The van der Waals surface area contributed by atoms with E-state index in [0.29, 0.717) is 39.3 Å². The number of carbonyl (C=O) groups is 2. The Morgan fingerprint density at radius 2 is 2.26 bits per heavy atom. The molecule has 19 heavy (non-hydrogen) atoms. The first-order valence-corrected chi connectivity index (χ1v) is 6.47. The number of rotatable bonds is 3. The fourth-order valence-electron chi connectivity index (χ4n) is 2.28. The largest absolute Gasteiger partial charge is 0.481 e. The number of likely N-dealkylation sites (tertiary alicyclic amines) is 1. The van der Waals surface area contributed by atoms with Crippen molar-refractivity contribution in [2.45, 2.75) is 19.4 Å². The predicted molar refractivity (Wildman–Crippen MR) is 65.9 cm³/mol. The molecule has 2 aliphatic rings. The average molecular weight is 272 g/mol. The zero-order valence-electron chi connectivity index (χ0n) is 11.1. The Morgan fingerprint density at radius 3 is 2.84 bits per heavy atom. The van der Waals surface area contributed by atoms with Gasteiger partial charge in [0, 0.05) is 19.6 Å². The summed E-state index contributed by atoms with van der Waals surface area (Å²) in [7, 11) is 0. The van der Waals surface area contributed by atoms with Gasteiger partial charge in [-0.15, -0.1) is 0 Å². The number of ether oxygens (including phenoxy) is 2. The second-order valence-electron chi connectivity index (χ2n) is 5.29. The number of carboxylic acid groups (broad SMARTS) is 1. The molecule has 0 radical (unpaired) electrons. The van der Waals surface area contributed by atoms with E-state index in [1.54, 1.807) is 6.92 Å². The van der Waals surface area contributed by atoms with Crippen LogP contribution in [0.25, 0.3) is 0 Å². The van der Waals surface area contributed by atoms with Crippen molar-refractivity contribution in [3.8, 4) is 0 Å². The zero-order valence-corrected chi connectivity index (χ0v) is 11.1. The Bertz CT molecular complexity index is 356. The molecular formula is C12H20N2O5. The molecule has 2 amide bonds. The van der Waals surface area contributed by atoms with Crippen LogP contribution in [0.5, 0.6) is 0 Å². The lowest BCUT2D eigenvalue weighted by molar-refractivity contribution is -0.147. The third kappa shape index (κ3) is 3.36. The normalized spacial score (nSPS) is 31.2. The molecule has 0 bridgehead atoms. The molecule has 2 atom stereocenters. The topological polar surface area (TPSA) is 88.1 Å². The fraction of sp³-hybridized carbons (Fsp3) is 0.833. The number of amides is 2. The molecule has 0 aromatic rings. The minimum atomic E-state index is -0.855. The summed E-state index contributed by atoms with van der Waals surface area (Å²) < 4.78 is 10.7. The van der Waals surface area contributed by atoms with E-state index < -0.39 is 11.4 Å². The van der Waals surface area contributed by atoms with Crippen molar-refractivity contribution in [3.63, 3.8) is 0 Å². The van der Waals surface area contributed by atoms with Gasteiger partial charge < -0.3 is 24.8 Å². The van der Waals surface area contributed by atoms with Gasteiger partial charge in [0.1, 0.15) is 0 Å². The summed E-state index contributed by atoms with van der Waals surface area (Å²) in [6.07, 6.45) is 0.366. The number of urea groups is 1. The summed E-state index contributed by atoms with van der Waals surface area (Å²) >= 11 is 0. The van der Waals surface area contributed by atoms with E-state index in [1.165, 1.54) is 4.90 Å². The third-order valence-corrected chi connectivity index (χ3v) is 3.64. The van der Waals surface area contributed by atoms with Gasteiger partial charge in [0.15, 0.2) is 0 Å². The lowest BCUT2D eigenvalue weighted by Gasteiger charge is -2.25. The van der Waals surface area contributed by atoms with Crippen molar-refractivity contribution in [1.29, 1.82) is 0 Å². The van der Waals surface area contributed by atoms with Crippen molar-refractivity contribution < 1.29 is 24.2 Å². The molecular weight excluding hydrogens is 252 g/mol. The van der Waals surface area contributed by atoms with Crippen LogP contribution in [0, 0.1) is 5.41 Å². The molecule has 108 valence electrons. The van der Waals surface area contributed by atoms with Crippen molar-refractivity contribution >= 4 is 12.0 Å². The van der Waals surface area contributed by atoms with Crippen LogP contribution in [0.1, 0.15) is 13.3 Å². The van der Waals surface area contributed by atoms with Gasteiger partial charge in [0.2, 0.25) is 0 Å². The van der Waals surface area contributed by atoms with E-state index in [4.69, 9.17) is 14.6 Å². The molecule has 0 saturated carbocycles. The van der Waals surface area contributed by atoms with Crippen molar-refractivity contribution in [2.75, 3.05) is 39.5 Å². The summed E-state index contributed by atoms with van der Waals surface area (Å²) in [6.45, 7) is 4.38. The third-order valence-electron chi connectivity index (χ3n) is 3.64. The molecule has 0 aromatic carbocycles. The first-order chi connectivity index (χ1) is 9.01. The Balaban J connectivity index is 1.76. The molecule has 7 nitrogen and oxygen atoms in total. The molecule has 2 saturated heterocycles. The number of hydrogen-bond acceptors (Lipinski definition) is 4. The molecule has 2 rings (SSSR count). The van der Waals surface area contributed by atoms with E-state index in [2.05, 4.69) is 5.32 Å². The maximum absolute atomic E-state index is 11.9. The van der Waals surface area contributed by atoms with Gasteiger partial charge in [-0.1, -0.05) is 0 Å². The monoisotopic (exact) mass is 272 g/mol. The highest BCUT2D eigenvalue weighted by atomic mass is 16.6. The lowest BCUT2D eigenvalue weighted by atomic mass is 9.90. The quantitative estimate of drug-likeness (QED) is 0.749. The summed E-state index contributed by atoms with van der Waals surface area (Å²) in [6, 6.07) is -0.237. The highest BCUT2D eigenvalue weighted by Gasteiger charge is 2.42. The smallest absolute Gasteiger partial charge is 0.317 e. The SMILES string of the molecule is CC1(C(=O)O)CCN(C(=O)NCC2COCCO2)C1. The Hall–Kier alpha value is -1.34. The van der Waals surface area contributed by atoms with E-state index in [1.807, 2.05) is 0 Å². The van der Waals surface area contributed by atoms with Gasteiger partial charge >= 0.3 is 12.0 Å². The molecule has 2 unspecified atom stereocenters. The summed E-state index contributed by atoms with van der Waals surface area (Å²) in [5.41, 5.74) is -0.832. The van der Waals surface area contributed by atoms with Crippen LogP contribution in [0.3, 0.4) is 0 Å². The average Bonchev–Trinajstić information content (AvgIpc) is 2.81. The Morgan fingerprint density at radius 1 is 1.47 bits per heavy atom. The molecule has 0 aromatic heterocycles. The molecule has 2 aliphatic heterocycles. The number of carboxylic acids is 1. The summed E-state index contributed by atoms with van der Waals surface area (Å²) in [5.74, 6) is -0.855. The van der Waals surface area contributed by atoms with Gasteiger partial charge in [-0.3, -0.25) is 4.79 Å². The first kappa shape index (κ1) is 14.1. The van der Waals surface area contributed by atoms with Crippen molar-refractivity contribution in [3.05, 3.63) is 0 Å². The molecule has 0 spiro atoms. The molecule has 2 fully saturated rings. The fourth-order valence-corrected chi connectivity index (χ4v) is 2.28. The maximum atomic E-state index is 11.9. The number of nitrogens with zero attached hydrogens (tertiary/aromatic N) is 1. The van der Waals surface area contributed by atoms with Gasteiger partial charge in [-0.2, -0.15) is 0 Å².